The fraction of sp³-hybridized carbons (Fsp3) is 0.143. The van der Waals surface area contributed by atoms with E-state index in [2.05, 4.69) is 15.9 Å². The molecule has 0 aliphatic heterocycles. The van der Waals surface area contributed by atoms with Gasteiger partial charge in [-0.2, -0.15) is 13.2 Å². The lowest BCUT2D eigenvalue weighted by molar-refractivity contribution is -0.140. The Balaban J connectivity index is 2.17. The number of nitrogen functional groups attached to an aromatic ring is 1. The van der Waals surface area contributed by atoms with Crippen molar-refractivity contribution in [3.05, 3.63) is 57.8 Å². The Bertz CT molecular complexity index is 638. The number of anilines is 1. The van der Waals surface area contributed by atoms with Crippen LogP contribution in [0.1, 0.15) is 11.1 Å². The zero-order valence-electron chi connectivity index (χ0n) is 10.5. The van der Waals surface area contributed by atoms with Crippen LogP contribution in [-0.2, 0) is 12.8 Å². The molecule has 0 aliphatic rings. The van der Waals surface area contributed by atoms with Gasteiger partial charge in [-0.15, -0.1) is 0 Å². The molecule has 0 saturated carbocycles. The Labute approximate surface area is 126 Å². The molecule has 2 rings (SSSR count). The van der Waals surface area contributed by atoms with Crippen LogP contribution in [0.15, 0.2) is 40.9 Å². The van der Waals surface area contributed by atoms with E-state index in [1.165, 1.54) is 0 Å². The standard InChI is InChI=1S/C14H10BrF4NO/c15-9-3-8(4-10(20)5-9)7-21-11-1-2-13(16)12(6-11)14(17,18)19/h1-6H,7,20H2. The van der Waals surface area contributed by atoms with Crippen LogP contribution in [0.4, 0.5) is 23.2 Å². The molecule has 0 saturated heterocycles. The third-order valence-corrected chi connectivity index (χ3v) is 3.09. The predicted molar refractivity (Wildman–Crippen MR) is 74.3 cm³/mol. The van der Waals surface area contributed by atoms with Crippen molar-refractivity contribution in [2.75, 3.05) is 5.73 Å². The summed E-state index contributed by atoms with van der Waals surface area (Å²) in [7, 11) is 0. The highest BCUT2D eigenvalue weighted by Gasteiger charge is 2.34. The second-order valence-corrected chi connectivity index (χ2v) is 5.24. The van der Waals surface area contributed by atoms with E-state index in [4.69, 9.17) is 10.5 Å². The van der Waals surface area contributed by atoms with Crippen LogP contribution in [-0.4, -0.2) is 0 Å². The van der Waals surface area contributed by atoms with Crippen LogP contribution >= 0.6 is 15.9 Å². The van der Waals surface area contributed by atoms with Crippen LogP contribution in [0, 0.1) is 5.82 Å². The third-order valence-electron chi connectivity index (χ3n) is 2.63. The molecule has 0 heterocycles. The predicted octanol–water partition coefficient (Wildman–Crippen LogP) is 4.77. The first-order valence-corrected chi connectivity index (χ1v) is 6.59. The van der Waals surface area contributed by atoms with Crippen LogP contribution in [0.2, 0.25) is 0 Å². The number of halogens is 5. The van der Waals surface area contributed by atoms with E-state index in [9.17, 15) is 17.6 Å². The number of benzene rings is 2. The third kappa shape index (κ3) is 4.10. The molecule has 112 valence electrons. The van der Waals surface area contributed by atoms with Gasteiger partial charge in [0.25, 0.3) is 0 Å². The van der Waals surface area contributed by atoms with Crippen molar-refractivity contribution < 1.29 is 22.3 Å². The maximum atomic E-state index is 13.1. The Kier molecular flexibility index (Phi) is 4.41. The zero-order valence-corrected chi connectivity index (χ0v) is 12.1. The summed E-state index contributed by atoms with van der Waals surface area (Å²) >= 11 is 3.25. The maximum Gasteiger partial charge on any atom is 0.419 e. The molecular formula is C14H10BrF4NO. The van der Waals surface area contributed by atoms with Gasteiger partial charge < -0.3 is 10.5 Å². The molecule has 2 aromatic carbocycles. The summed E-state index contributed by atoms with van der Waals surface area (Å²) in [6.07, 6.45) is -4.76. The molecule has 0 unspecified atom stereocenters. The van der Waals surface area contributed by atoms with E-state index in [-0.39, 0.29) is 12.4 Å². The Morgan fingerprint density at radius 3 is 2.43 bits per heavy atom. The molecule has 0 aromatic heterocycles. The summed E-state index contributed by atoms with van der Waals surface area (Å²) in [6, 6.07) is 7.56. The number of rotatable bonds is 3. The molecule has 0 radical (unpaired) electrons. The largest absolute Gasteiger partial charge is 0.489 e. The summed E-state index contributed by atoms with van der Waals surface area (Å²) in [5.41, 5.74) is 5.47. The maximum absolute atomic E-state index is 13.1. The van der Waals surface area contributed by atoms with Gasteiger partial charge >= 0.3 is 6.18 Å². The Morgan fingerprint density at radius 2 is 1.81 bits per heavy atom. The van der Waals surface area contributed by atoms with Crippen LogP contribution in [0.25, 0.3) is 0 Å². The second kappa shape index (κ2) is 5.93. The fourth-order valence-corrected chi connectivity index (χ4v) is 2.30. The van der Waals surface area contributed by atoms with Crippen molar-refractivity contribution in [2.24, 2.45) is 0 Å². The van der Waals surface area contributed by atoms with Gasteiger partial charge in [0.2, 0.25) is 0 Å². The van der Waals surface area contributed by atoms with E-state index in [0.717, 1.165) is 16.6 Å². The molecule has 2 N–H and O–H groups in total. The molecule has 0 bridgehead atoms. The van der Waals surface area contributed by atoms with Gasteiger partial charge in [0.15, 0.2) is 0 Å². The summed E-state index contributed by atoms with van der Waals surface area (Å²) < 4.78 is 56.9. The first-order valence-electron chi connectivity index (χ1n) is 5.80. The van der Waals surface area contributed by atoms with Crippen molar-refractivity contribution in [1.29, 1.82) is 0 Å². The van der Waals surface area contributed by atoms with Gasteiger partial charge in [0.1, 0.15) is 18.2 Å². The summed E-state index contributed by atoms with van der Waals surface area (Å²) in [4.78, 5) is 0. The molecule has 0 aliphatic carbocycles. The Morgan fingerprint density at radius 1 is 1.10 bits per heavy atom. The molecular weight excluding hydrogens is 354 g/mol. The van der Waals surface area contributed by atoms with Crippen molar-refractivity contribution in [1.82, 2.24) is 0 Å². The van der Waals surface area contributed by atoms with Crippen molar-refractivity contribution in [3.8, 4) is 5.75 Å². The molecule has 2 aromatic rings. The smallest absolute Gasteiger partial charge is 0.419 e. The quantitative estimate of drug-likeness (QED) is 0.629. The minimum atomic E-state index is -4.76. The highest BCUT2D eigenvalue weighted by atomic mass is 79.9. The van der Waals surface area contributed by atoms with Gasteiger partial charge in [-0.3, -0.25) is 0 Å². The van der Waals surface area contributed by atoms with Crippen molar-refractivity contribution in [3.63, 3.8) is 0 Å². The normalized spacial score (nSPS) is 11.5. The monoisotopic (exact) mass is 363 g/mol. The van der Waals surface area contributed by atoms with E-state index < -0.39 is 17.6 Å². The number of alkyl halides is 3. The highest BCUT2D eigenvalue weighted by Crippen LogP contribution is 2.33. The summed E-state index contributed by atoms with van der Waals surface area (Å²) in [6.45, 7) is 0.0204. The Hall–Kier alpha value is -1.76. The van der Waals surface area contributed by atoms with E-state index in [1.807, 2.05) is 0 Å². The van der Waals surface area contributed by atoms with E-state index in [0.29, 0.717) is 17.3 Å². The van der Waals surface area contributed by atoms with Gasteiger partial charge in [-0.1, -0.05) is 15.9 Å². The number of hydrogen-bond donors (Lipinski definition) is 1. The molecule has 21 heavy (non-hydrogen) atoms. The zero-order chi connectivity index (χ0) is 15.6. The van der Waals surface area contributed by atoms with Crippen LogP contribution in [0.3, 0.4) is 0 Å². The molecule has 0 amide bonds. The topological polar surface area (TPSA) is 35.2 Å². The SMILES string of the molecule is Nc1cc(Br)cc(COc2ccc(F)c(C(F)(F)F)c2)c1. The summed E-state index contributed by atoms with van der Waals surface area (Å²) in [5.74, 6) is -1.40. The lowest BCUT2D eigenvalue weighted by atomic mass is 10.2. The molecule has 0 atom stereocenters. The fourth-order valence-electron chi connectivity index (χ4n) is 1.74. The lowest BCUT2D eigenvalue weighted by Gasteiger charge is -2.11. The molecule has 7 heteroatoms. The van der Waals surface area contributed by atoms with E-state index >= 15 is 0 Å². The highest BCUT2D eigenvalue weighted by molar-refractivity contribution is 9.10. The average Bonchev–Trinajstić information content (AvgIpc) is 2.35. The minimum absolute atomic E-state index is 0.0204. The van der Waals surface area contributed by atoms with Gasteiger partial charge in [0.05, 0.1) is 5.56 Å². The number of nitrogens with two attached hydrogens (primary N) is 1. The van der Waals surface area contributed by atoms with Gasteiger partial charge in [0, 0.05) is 10.2 Å². The summed E-state index contributed by atoms with van der Waals surface area (Å²) in [5, 5.41) is 0. The average molecular weight is 364 g/mol. The van der Waals surface area contributed by atoms with Gasteiger partial charge in [-0.05, 0) is 42.0 Å². The van der Waals surface area contributed by atoms with E-state index in [1.54, 1.807) is 18.2 Å². The number of hydrogen-bond acceptors (Lipinski definition) is 2. The van der Waals surface area contributed by atoms with Crippen LogP contribution < -0.4 is 10.5 Å². The second-order valence-electron chi connectivity index (χ2n) is 4.32. The van der Waals surface area contributed by atoms with Crippen molar-refractivity contribution >= 4 is 21.6 Å². The van der Waals surface area contributed by atoms with Crippen molar-refractivity contribution in [2.45, 2.75) is 12.8 Å². The lowest BCUT2D eigenvalue weighted by Crippen LogP contribution is -2.08. The first-order chi connectivity index (χ1) is 9.75. The minimum Gasteiger partial charge on any atom is -0.489 e. The van der Waals surface area contributed by atoms with Gasteiger partial charge in [-0.25, -0.2) is 4.39 Å². The van der Waals surface area contributed by atoms with Crippen LogP contribution in [0.5, 0.6) is 5.75 Å². The number of ether oxygens (including phenoxy) is 1. The molecule has 2 nitrogen and oxygen atoms in total. The molecule has 0 fully saturated rings. The molecule has 0 spiro atoms. The first kappa shape index (κ1) is 15.6.